The first kappa shape index (κ1) is 17.2. The van der Waals surface area contributed by atoms with Crippen LogP contribution < -0.4 is 10.1 Å². The van der Waals surface area contributed by atoms with Gasteiger partial charge in [0.1, 0.15) is 4.90 Å². The molecule has 1 atom stereocenters. The fourth-order valence-electron chi connectivity index (χ4n) is 3.57. The molecule has 1 unspecified atom stereocenters. The molecule has 6 nitrogen and oxygen atoms in total. The van der Waals surface area contributed by atoms with Crippen molar-refractivity contribution in [1.29, 1.82) is 0 Å². The Morgan fingerprint density at radius 2 is 2.00 bits per heavy atom. The Morgan fingerprint density at radius 1 is 1.27 bits per heavy atom. The lowest BCUT2D eigenvalue weighted by atomic mass is 10.1. The van der Waals surface area contributed by atoms with Gasteiger partial charge in [0.2, 0.25) is 0 Å². The average Bonchev–Trinajstić information content (AvgIpc) is 3.08. The van der Waals surface area contributed by atoms with Crippen molar-refractivity contribution in [3.8, 4) is 0 Å². The monoisotopic (exact) mass is 392 g/mol. The minimum Gasteiger partial charge on any atom is -0.408 e. The molecule has 0 amide bonds. The van der Waals surface area contributed by atoms with E-state index in [4.69, 9.17) is 16.0 Å². The Bertz CT molecular complexity index is 1180. The summed E-state index contributed by atoms with van der Waals surface area (Å²) in [4.78, 5) is 11.8. The van der Waals surface area contributed by atoms with Crippen LogP contribution in [0, 0.1) is 0 Å². The lowest BCUT2D eigenvalue weighted by Crippen LogP contribution is -2.35. The van der Waals surface area contributed by atoms with Crippen LogP contribution in [0.3, 0.4) is 0 Å². The predicted molar refractivity (Wildman–Crippen MR) is 100 cm³/mol. The van der Waals surface area contributed by atoms with Crippen LogP contribution in [0.1, 0.15) is 19.4 Å². The van der Waals surface area contributed by atoms with Crippen LogP contribution >= 0.6 is 11.6 Å². The summed E-state index contributed by atoms with van der Waals surface area (Å²) in [6.45, 7) is 4.07. The van der Waals surface area contributed by atoms with Crippen molar-refractivity contribution in [1.82, 2.24) is 4.57 Å². The third-order valence-electron chi connectivity index (χ3n) is 4.72. The average molecular weight is 393 g/mol. The molecule has 136 valence electrons. The Balaban J connectivity index is 1.92. The Kier molecular flexibility index (Phi) is 3.89. The fourth-order valence-corrected chi connectivity index (χ4v) is 5.78. The molecular weight excluding hydrogens is 376 g/mol. The molecule has 2 heterocycles. The van der Waals surface area contributed by atoms with E-state index >= 15 is 0 Å². The van der Waals surface area contributed by atoms with Gasteiger partial charge in [0, 0.05) is 18.7 Å². The van der Waals surface area contributed by atoms with Gasteiger partial charge in [-0.15, -0.1) is 0 Å². The van der Waals surface area contributed by atoms with Gasteiger partial charge >= 0.3 is 5.76 Å². The highest BCUT2D eigenvalue weighted by Crippen LogP contribution is 2.39. The van der Waals surface area contributed by atoms with Gasteiger partial charge in [0.15, 0.2) is 5.58 Å². The van der Waals surface area contributed by atoms with Crippen LogP contribution in [-0.4, -0.2) is 19.0 Å². The van der Waals surface area contributed by atoms with E-state index in [1.807, 2.05) is 25.1 Å². The molecule has 4 rings (SSSR count). The fraction of sp³-hybridized carbons (Fsp3) is 0.278. The molecule has 0 aliphatic carbocycles. The number of rotatable bonds is 3. The molecule has 0 saturated heterocycles. The van der Waals surface area contributed by atoms with Crippen LogP contribution in [0.4, 0.5) is 5.69 Å². The summed E-state index contributed by atoms with van der Waals surface area (Å²) in [5.74, 6) is -0.534. The van der Waals surface area contributed by atoms with E-state index in [2.05, 4.69) is 0 Å². The predicted octanol–water partition coefficient (Wildman–Crippen LogP) is 3.41. The molecule has 1 aromatic heterocycles. The van der Waals surface area contributed by atoms with Crippen LogP contribution in [0.15, 0.2) is 50.5 Å². The van der Waals surface area contributed by atoms with Gasteiger partial charge < -0.3 is 4.42 Å². The standard InChI is InChI=1S/C18H17ClN2O4S/c1-3-20-15-9-13(19)17(10-16(15)25-18(20)22)26(23,24)21-11(2)8-12-6-4-5-7-14(12)21/h4-7,9-11H,3,8H2,1-2H3. The van der Waals surface area contributed by atoms with Crippen LogP contribution in [0.25, 0.3) is 11.1 Å². The first-order valence-corrected chi connectivity index (χ1v) is 10.1. The number of oxazole rings is 1. The largest absolute Gasteiger partial charge is 0.419 e. The summed E-state index contributed by atoms with van der Waals surface area (Å²) < 4.78 is 34.7. The zero-order valence-corrected chi connectivity index (χ0v) is 15.8. The summed E-state index contributed by atoms with van der Waals surface area (Å²) in [5.41, 5.74) is 2.32. The van der Waals surface area contributed by atoms with Crippen LogP contribution in [0.2, 0.25) is 5.02 Å². The van der Waals surface area contributed by atoms with E-state index < -0.39 is 15.8 Å². The zero-order valence-electron chi connectivity index (χ0n) is 14.3. The molecule has 0 spiro atoms. The van der Waals surface area contributed by atoms with Crippen molar-refractivity contribution < 1.29 is 12.8 Å². The smallest absolute Gasteiger partial charge is 0.408 e. The second-order valence-corrected chi connectivity index (χ2v) is 8.54. The number of fused-ring (bicyclic) bond motifs is 2. The molecule has 0 N–H and O–H groups in total. The second kappa shape index (κ2) is 5.89. The van der Waals surface area contributed by atoms with Gasteiger partial charge in [-0.2, -0.15) is 0 Å². The number of nitrogens with zero attached hydrogens (tertiary/aromatic N) is 2. The van der Waals surface area contributed by atoms with E-state index in [9.17, 15) is 13.2 Å². The van der Waals surface area contributed by atoms with Crippen molar-refractivity contribution in [2.45, 2.75) is 37.8 Å². The van der Waals surface area contributed by atoms with Gasteiger partial charge in [0.05, 0.1) is 16.2 Å². The van der Waals surface area contributed by atoms with Gasteiger partial charge in [0.25, 0.3) is 10.0 Å². The highest BCUT2D eigenvalue weighted by Gasteiger charge is 2.37. The number of anilines is 1. The number of sulfonamides is 1. The number of para-hydroxylation sites is 1. The number of halogens is 1. The number of aryl methyl sites for hydroxylation is 1. The maximum Gasteiger partial charge on any atom is 0.419 e. The lowest BCUT2D eigenvalue weighted by molar-refractivity contribution is 0.512. The van der Waals surface area contributed by atoms with Crippen LogP contribution in [0.5, 0.6) is 0 Å². The van der Waals surface area contributed by atoms with E-state index in [1.54, 1.807) is 13.0 Å². The third-order valence-corrected chi connectivity index (χ3v) is 7.11. The summed E-state index contributed by atoms with van der Waals surface area (Å²) in [5, 5.41) is 0.0667. The zero-order chi connectivity index (χ0) is 18.6. The van der Waals surface area contributed by atoms with Gasteiger partial charge in [-0.1, -0.05) is 29.8 Å². The quantitative estimate of drug-likeness (QED) is 0.684. The molecule has 26 heavy (non-hydrogen) atoms. The van der Waals surface area contributed by atoms with Gasteiger partial charge in [-0.3, -0.25) is 8.87 Å². The minimum atomic E-state index is -3.90. The first-order chi connectivity index (χ1) is 12.3. The third kappa shape index (κ3) is 2.38. The Morgan fingerprint density at radius 3 is 2.73 bits per heavy atom. The van der Waals surface area contributed by atoms with Crippen molar-refractivity contribution in [3.05, 3.63) is 57.5 Å². The highest BCUT2D eigenvalue weighted by atomic mass is 35.5. The summed E-state index contributed by atoms with van der Waals surface area (Å²) in [6, 6.07) is 10.0. The van der Waals surface area contributed by atoms with Crippen molar-refractivity contribution in [3.63, 3.8) is 0 Å². The molecular formula is C18H17ClN2O4S. The van der Waals surface area contributed by atoms with Gasteiger partial charge in [-0.25, -0.2) is 13.2 Å². The lowest BCUT2D eigenvalue weighted by Gasteiger charge is -2.25. The molecule has 3 aromatic rings. The van der Waals surface area contributed by atoms with Crippen molar-refractivity contribution in [2.75, 3.05) is 4.31 Å². The molecule has 0 saturated carbocycles. The van der Waals surface area contributed by atoms with E-state index in [1.165, 1.54) is 21.0 Å². The maximum absolute atomic E-state index is 13.3. The first-order valence-electron chi connectivity index (χ1n) is 8.29. The SMILES string of the molecule is CCn1c(=O)oc2cc(S(=O)(=O)N3c4ccccc4CC3C)c(Cl)cc21. The number of hydrogen-bond donors (Lipinski definition) is 0. The highest BCUT2D eigenvalue weighted by molar-refractivity contribution is 7.93. The van der Waals surface area contributed by atoms with Gasteiger partial charge in [-0.05, 0) is 38.0 Å². The summed E-state index contributed by atoms with van der Waals surface area (Å²) in [6.07, 6.45) is 0.635. The summed E-state index contributed by atoms with van der Waals surface area (Å²) >= 11 is 6.32. The molecule has 1 aliphatic rings. The normalized spacial score (nSPS) is 17.0. The van der Waals surface area contributed by atoms with Crippen molar-refractivity contribution in [2.24, 2.45) is 0 Å². The Hall–Kier alpha value is -2.25. The number of benzene rings is 2. The van der Waals surface area contributed by atoms with Crippen LogP contribution in [-0.2, 0) is 23.0 Å². The van der Waals surface area contributed by atoms with E-state index in [0.29, 0.717) is 24.2 Å². The molecule has 2 aromatic carbocycles. The molecule has 0 radical (unpaired) electrons. The summed E-state index contributed by atoms with van der Waals surface area (Å²) in [7, 11) is -3.90. The number of aromatic nitrogens is 1. The van der Waals surface area contributed by atoms with E-state index in [-0.39, 0.29) is 21.5 Å². The van der Waals surface area contributed by atoms with E-state index in [0.717, 1.165) is 5.56 Å². The molecule has 8 heteroatoms. The topological polar surface area (TPSA) is 72.5 Å². The van der Waals surface area contributed by atoms with Crippen molar-refractivity contribution >= 4 is 38.4 Å². The maximum atomic E-state index is 13.3. The molecule has 1 aliphatic heterocycles. The Labute approximate surface area is 155 Å². The number of hydrogen-bond acceptors (Lipinski definition) is 4. The molecule has 0 bridgehead atoms. The minimum absolute atomic E-state index is 0.0628. The molecule has 0 fully saturated rings. The second-order valence-electron chi connectivity index (χ2n) is 6.35.